The molecule has 5 nitrogen and oxygen atoms in total. The lowest BCUT2D eigenvalue weighted by molar-refractivity contribution is 0.782. The number of para-hydroxylation sites is 1. The van der Waals surface area contributed by atoms with E-state index in [0.717, 1.165) is 34.3 Å². The number of hydrogen-bond donors (Lipinski definition) is 1. The van der Waals surface area contributed by atoms with Gasteiger partial charge >= 0.3 is 0 Å². The quantitative estimate of drug-likeness (QED) is 0.760. The highest BCUT2D eigenvalue weighted by molar-refractivity contribution is 5.91. The molecular weight excluding hydrogens is 238 g/mol. The Hall–Kier alpha value is -2.43. The maximum atomic E-state index is 6.06. The van der Waals surface area contributed by atoms with Gasteiger partial charge in [-0.05, 0) is 12.5 Å². The summed E-state index contributed by atoms with van der Waals surface area (Å²) in [5.74, 6) is 0.707. The van der Waals surface area contributed by atoms with Crippen molar-refractivity contribution in [1.82, 2.24) is 19.7 Å². The maximum absolute atomic E-state index is 6.06. The maximum Gasteiger partial charge on any atom is 0.125 e. The second-order valence-electron chi connectivity index (χ2n) is 4.42. The van der Waals surface area contributed by atoms with Crippen molar-refractivity contribution in [2.24, 2.45) is 7.05 Å². The van der Waals surface area contributed by atoms with Gasteiger partial charge in [-0.2, -0.15) is 5.10 Å². The number of aryl methyl sites for hydroxylation is 1. The Balaban J connectivity index is 2.33. The first-order valence-corrected chi connectivity index (χ1v) is 6.23. The van der Waals surface area contributed by atoms with E-state index in [4.69, 9.17) is 5.73 Å². The molecule has 5 heteroatoms. The largest absolute Gasteiger partial charge is 0.384 e. The molecule has 3 aromatic rings. The molecular formula is C14H15N5. The molecule has 2 aromatic heterocycles. The Morgan fingerprint density at radius 2 is 2.00 bits per heavy atom. The zero-order valence-corrected chi connectivity index (χ0v) is 11.0. The lowest BCUT2D eigenvalue weighted by atomic mass is 10.0. The normalized spacial score (nSPS) is 11.1. The van der Waals surface area contributed by atoms with E-state index < -0.39 is 0 Å². The highest BCUT2D eigenvalue weighted by Gasteiger charge is 2.16. The number of nitrogens with zero attached hydrogens (tertiary/aromatic N) is 4. The number of rotatable bonds is 2. The standard InChI is InChI=1S/C14H15N5/c1-3-9-12(18-19(2)14(9)15)10-5-4-6-11-13(10)17-8-7-16-11/h4-8H,3,15H2,1-2H3. The molecule has 0 amide bonds. The van der Waals surface area contributed by atoms with Crippen LogP contribution in [0, 0.1) is 0 Å². The van der Waals surface area contributed by atoms with Crippen molar-refractivity contribution in [2.75, 3.05) is 5.73 Å². The van der Waals surface area contributed by atoms with Crippen LogP contribution in [-0.4, -0.2) is 19.7 Å². The lowest BCUT2D eigenvalue weighted by Crippen LogP contribution is -1.98. The van der Waals surface area contributed by atoms with Crippen LogP contribution in [0.2, 0.25) is 0 Å². The molecule has 2 heterocycles. The van der Waals surface area contributed by atoms with E-state index in [1.165, 1.54) is 0 Å². The molecule has 96 valence electrons. The van der Waals surface area contributed by atoms with Gasteiger partial charge in [-0.1, -0.05) is 19.1 Å². The third-order valence-electron chi connectivity index (χ3n) is 3.30. The van der Waals surface area contributed by atoms with Gasteiger partial charge in [0.15, 0.2) is 0 Å². The molecule has 3 rings (SSSR count). The second-order valence-corrected chi connectivity index (χ2v) is 4.42. The summed E-state index contributed by atoms with van der Waals surface area (Å²) < 4.78 is 1.71. The minimum Gasteiger partial charge on any atom is -0.384 e. The van der Waals surface area contributed by atoms with Gasteiger partial charge < -0.3 is 5.73 Å². The summed E-state index contributed by atoms with van der Waals surface area (Å²) in [7, 11) is 1.86. The molecule has 0 aliphatic heterocycles. The van der Waals surface area contributed by atoms with E-state index in [-0.39, 0.29) is 0 Å². The summed E-state index contributed by atoms with van der Waals surface area (Å²) in [5, 5.41) is 4.53. The van der Waals surface area contributed by atoms with Gasteiger partial charge in [0, 0.05) is 30.6 Å². The summed E-state index contributed by atoms with van der Waals surface area (Å²) in [6, 6.07) is 5.93. The van der Waals surface area contributed by atoms with Crippen LogP contribution >= 0.6 is 0 Å². The molecule has 0 aliphatic carbocycles. The first-order chi connectivity index (χ1) is 9.22. The molecule has 0 bridgehead atoms. The Kier molecular flexibility index (Phi) is 2.67. The van der Waals surface area contributed by atoms with E-state index in [1.807, 2.05) is 25.2 Å². The highest BCUT2D eigenvalue weighted by atomic mass is 15.3. The molecule has 2 N–H and O–H groups in total. The summed E-state index contributed by atoms with van der Waals surface area (Å²) >= 11 is 0. The van der Waals surface area contributed by atoms with Gasteiger partial charge in [0.05, 0.1) is 16.7 Å². The number of aromatic nitrogens is 4. The molecule has 0 aliphatic rings. The summed E-state index contributed by atoms with van der Waals surface area (Å²) in [5.41, 5.74) is 10.7. The topological polar surface area (TPSA) is 69.6 Å². The fraction of sp³-hybridized carbons (Fsp3) is 0.214. The van der Waals surface area contributed by atoms with Gasteiger partial charge in [-0.15, -0.1) is 0 Å². The molecule has 19 heavy (non-hydrogen) atoms. The summed E-state index contributed by atoms with van der Waals surface area (Å²) in [4.78, 5) is 8.74. The van der Waals surface area contributed by atoms with Gasteiger partial charge in [0.25, 0.3) is 0 Å². The SMILES string of the molecule is CCc1c(-c2cccc3nccnc23)nn(C)c1N. The van der Waals surface area contributed by atoms with Crippen molar-refractivity contribution >= 4 is 16.9 Å². The fourth-order valence-electron chi connectivity index (χ4n) is 2.33. The second kappa shape index (κ2) is 4.35. The van der Waals surface area contributed by atoms with Crippen molar-refractivity contribution in [3.05, 3.63) is 36.2 Å². The molecule has 0 spiro atoms. The summed E-state index contributed by atoms with van der Waals surface area (Å²) in [6.45, 7) is 2.08. The number of nitrogen functional groups attached to an aromatic ring is 1. The number of benzene rings is 1. The highest BCUT2D eigenvalue weighted by Crippen LogP contribution is 2.30. The first kappa shape index (κ1) is 11.6. The Morgan fingerprint density at radius 3 is 2.79 bits per heavy atom. The molecule has 0 radical (unpaired) electrons. The number of fused-ring (bicyclic) bond motifs is 1. The van der Waals surface area contributed by atoms with Crippen molar-refractivity contribution in [3.63, 3.8) is 0 Å². The lowest BCUT2D eigenvalue weighted by Gasteiger charge is -2.04. The van der Waals surface area contributed by atoms with Crippen LogP contribution in [0.1, 0.15) is 12.5 Å². The monoisotopic (exact) mass is 253 g/mol. The van der Waals surface area contributed by atoms with Gasteiger partial charge in [-0.3, -0.25) is 14.6 Å². The Bertz CT molecular complexity index is 739. The van der Waals surface area contributed by atoms with E-state index in [2.05, 4.69) is 22.0 Å². The van der Waals surface area contributed by atoms with Crippen LogP contribution in [-0.2, 0) is 13.5 Å². The third-order valence-corrected chi connectivity index (χ3v) is 3.30. The predicted molar refractivity (Wildman–Crippen MR) is 75.5 cm³/mol. The van der Waals surface area contributed by atoms with Crippen molar-refractivity contribution in [3.8, 4) is 11.3 Å². The number of anilines is 1. The van der Waals surface area contributed by atoms with Crippen LogP contribution in [0.15, 0.2) is 30.6 Å². The molecule has 0 saturated carbocycles. The number of nitrogens with two attached hydrogens (primary N) is 1. The zero-order chi connectivity index (χ0) is 13.4. The number of hydrogen-bond acceptors (Lipinski definition) is 4. The first-order valence-electron chi connectivity index (χ1n) is 6.23. The van der Waals surface area contributed by atoms with Gasteiger partial charge in [0.1, 0.15) is 5.82 Å². The molecule has 0 atom stereocenters. The Labute approximate surface area is 111 Å². The van der Waals surface area contributed by atoms with E-state index in [0.29, 0.717) is 5.82 Å². The molecule has 0 fully saturated rings. The zero-order valence-electron chi connectivity index (χ0n) is 11.0. The van der Waals surface area contributed by atoms with Crippen LogP contribution in [0.25, 0.3) is 22.3 Å². The minimum absolute atomic E-state index is 0.707. The average molecular weight is 253 g/mol. The third kappa shape index (κ3) is 1.74. The average Bonchev–Trinajstić information content (AvgIpc) is 2.73. The van der Waals surface area contributed by atoms with Crippen LogP contribution in [0.5, 0.6) is 0 Å². The van der Waals surface area contributed by atoms with E-state index in [1.54, 1.807) is 17.1 Å². The van der Waals surface area contributed by atoms with Crippen LogP contribution < -0.4 is 5.73 Å². The van der Waals surface area contributed by atoms with Crippen molar-refractivity contribution < 1.29 is 0 Å². The minimum atomic E-state index is 0.707. The van der Waals surface area contributed by atoms with E-state index >= 15 is 0 Å². The predicted octanol–water partition coefficient (Wildman–Crippen LogP) is 2.17. The fourth-order valence-corrected chi connectivity index (χ4v) is 2.33. The van der Waals surface area contributed by atoms with Crippen LogP contribution in [0.4, 0.5) is 5.82 Å². The summed E-state index contributed by atoms with van der Waals surface area (Å²) in [6.07, 6.45) is 4.23. The Morgan fingerprint density at radius 1 is 1.21 bits per heavy atom. The van der Waals surface area contributed by atoms with Gasteiger partial charge in [-0.25, -0.2) is 0 Å². The molecule has 1 aromatic carbocycles. The van der Waals surface area contributed by atoms with E-state index in [9.17, 15) is 0 Å². The molecule has 0 saturated heterocycles. The molecule has 0 unspecified atom stereocenters. The van der Waals surface area contributed by atoms with Crippen molar-refractivity contribution in [2.45, 2.75) is 13.3 Å². The van der Waals surface area contributed by atoms with Gasteiger partial charge in [0.2, 0.25) is 0 Å². The van der Waals surface area contributed by atoms with Crippen LogP contribution in [0.3, 0.4) is 0 Å². The smallest absolute Gasteiger partial charge is 0.125 e. The van der Waals surface area contributed by atoms with Crippen molar-refractivity contribution in [1.29, 1.82) is 0 Å².